The smallest absolute Gasteiger partial charge is 0.263 e. The largest absolute Gasteiger partial charge is 0.397 e. The Morgan fingerprint density at radius 2 is 2.15 bits per heavy atom. The summed E-state index contributed by atoms with van der Waals surface area (Å²) in [5.74, 6) is -0.101. The molecule has 2 aromatic rings. The van der Waals surface area contributed by atoms with E-state index in [1.165, 1.54) is 24.2 Å². The van der Waals surface area contributed by atoms with Crippen LogP contribution in [0.1, 0.15) is 42.3 Å². The first-order valence-corrected chi connectivity index (χ1v) is 8.09. The van der Waals surface area contributed by atoms with E-state index >= 15 is 0 Å². The summed E-state index contributed by atoms with van der Waals surface area (Å²) in [6, 6.07) is 5.59. The van der Waals surface area contributed by atoms with Crippen LogP contribution in [0.5, 0.6) is 0 Å². The van der Waals surface area contributed by atoms with Crippen molar-refractivity contribution in [3.05, 3.63) is 28.1 Å². The van der Waals surface area contributed by atoms with Gasteiger partial charge in [0.15, 0.2) is 0 Å². The molecule has 0 atom stereocenters. The van der Waals surface area contributed by atoms with Crippen LogP contribution in [0.25, 0.3) is 10.1 Å². The van der Waals surface area contributed by atoms with Crippen LogP contribution in [-0.4, -0.2) is 12.5 Å². The molecule has 3 N–H and O–H groups in total. The molecule has 1 heterocycles. The highest BCUT2D eigenvalue weighted by Crippen LogP contribution is 2.37. The SMILES string of the molecule is CCCCCCNC(=O)c1sc2cccc(Cl)c2c1N. The summed E-state index contributed by atoms with van der Waals surface area (Å²) in [7, 11) is 0. The van der Waals surface area contributed by atoms with Crippen LogP contribution in [0.4, 0.5) is 5.69 Å². The first-order chi connectivity index (χ1) is 9.65. The van der Waals surface area contributed by atoms with Crippen LogP contribution in [0, 0.1) is 0 Å². The molecule has 2 rings (SSSR count). The number of thiophene rings is 1. The van der Waals surface area contributed by atoms with Crippen molar-refractivity contribution >= 4 is 44.6 Å². The third kappa shape index (κ3) is 3.25. The maximum absolute atomic E-state index is 12.2. The van der Waals surface area contributed by atoms with Crippen molar-refractivity contribution in [1.29, 1.82) is 0 Å². The molecular weight excluding hydrogens is 292 g/mol. The monoisotopic (exact) mass is 310 g/mol. The maximum atomic E-state index is 12.2. The number of nitrogens with one attached hydrogen (secondary N) is 1. The Bertz CT molecular complexity index is 609. The number of benzene rings is 1. The fourth-order valence-corrected chi connectivity index (χ4v) is 3.53. The number of hydrogen-bond donors (Lipinski definition) is 2. The molecular formula is C15H19ClN2OS. The van der Waals surface area contributed by atoms with Crippen molar-refractivity contribution in [3.8, 4) is 0 Å². The van der Waals surface area contributed by atoms with Crippen molar-refractivity contribution in [2.45, 2.75) is 32.6 Å². The number of nitrogens with two attached hydrogens (primary N) is 1. The number of rotatable bonds is 6. The zero-order chi connectivity index (χ0) is 14.5. The van der Waals surface area contributed by atoms with Crippen molar-refractivity contribution in [3.63, 3.8) is 0 Å². The van der Waals surface area contributed by atoms with Gasteiger partial charge in [-0.3, -0.25) is 4.79 Å². The molecule has 1 aromatic carbocycles. The van der Waals surface area contributed by atoms with Gasteiger partial charge in [0.25, 0.3) is 5.91 Å². The molecule has 5 heteroatoms. The van der Waals surface area contributed by atoms with E-state index < -0.39 is 0 Å². The van der Waals surface area contributed by atoms with Gasteiger partial charge in [0.05, 0.1) is 10.7 Å². The number of halogens is 1. The number of carbonyl (C=O) groups is 1. The van der Waals surface area contributed by atoms with Gasteiger partial charge in [-0.15, -0.1) is 11.3 Å². The lowest BCUT2D eigenvalue weighted by molar-refractivity contribution is 0.0958. The van der Waals surface area contributed by atoms with E-state index in [4.69, 9.17) is 17.3 Å². The zero-order valence-corrected chi connectivity index (χ0v) is 13.1. The van der Waals surface area contributed by atoms with Gasteiger partial charge in [0, 0.05) is 16.6 Å². The molecule has 0 saturated carbocycles. The minimum atomic E-state index is -0.101. The van der Waals surface area contributed by atoms with Gasteiger partial charge >= 0.3 is 0 Å². The lowest BCUT2D eigenvalue weighted by atomic mass is 10.2. The second-order valence-corrected chi connectivity index (χ2v) is 6.23. The summed E-state index contributed by atoms with van der Waals surface area (Å²) in [5.41, 5.74) is 6.55. The highest BCUT2D eigenvalue weighted by Gasteiger charge is 2.17. The summed E-state index contributed by atoms with van der Waals surface area (Å²) < 4.78 is 0.950. The first kappa shape index (κ1) is 15.1. The predicted octanol–water partition coefficient (Wildman–Crippen LogP) is 4.45. The molecule has 0 radical (unpaired) electrons. The summed E-state index contributed by atoms with van der Waals surface area (Å²) >= 11 is 7.53. The molecule has 0 aliphatic carbocycles. The molecule has 3 nitrogen and oxygen atoms in total. The van der Waals surface area contributed by atoms with Crippen molar-refractivity contribution in [2.75, 3.05) is 12.3 Å². The molecule has 108 valence electrons. The molecule has 1 aromatic heterocycles. The first-order valence-electron chi connectivity index (χ1n) is 6.89. The van der Waals surface area contributed by atoms with Gasteiger partial charge in [0.1, 0.15) is 4.88 Å². The Balaban J connectivity index is 2.07. The van der Waals surface area contributed by atoms with Crippen molar-refractivity contribution in [2.24, 2.45) is 0 Å². The average Bonchev–Trinajstić information content (AvgIpc) is 2.77. The molecule has 0 spiro atoms. The van der Waals surface area contributed by atoms with Crippen LogP contribution < -0.4 is 11.1 Å². The third-order valence-electron chi connectivity index (χ3n) is 3.22. The topological polar surface area (TPSA) is 55.1 Å². The van der Waals surface area contributed by atoms with Crippen LogP contribution in [-0.2, 0) is 0 Å². The number of fused-ring (bicyclic) bond motifs is 1. The van der Waals surface area contributed by atoms with Gasteiger partial charge in [-0.05, 0) is 18.6 Å². The minimum absolute atomic E-state index is 0.101. The van der Waals surface area contributed by atoms with Gasteiger partial charge in [-0.2, -0.15) is 0 Å². The van der Waals surface area contributed by atoms with Gasteiger partial charge < -0.3 is 11.1 Å². The molecule has 0 aliphatic rings. The predicted molar refractivity (Wildman–Crippen MR) is 87.7 cm³/mol. The number of nitrogen functional groups attached to an aromatic ring is 1. The Labute approximate surface area is 128 Å². The van der Waals surface area contributed by atoms with Crippen LogP contribution in [0.15, 0.2) is 18.2 Å². The van der Waals surface area contributed by atoms with E-state index in [1.807, 2.05) is 12.1 Å². The number of anilines is 1. The summed E-state index contributed by atoms with van der Waals surface area (Å²) in [5, 5.41) is 4.31. The standard InChI is InChI=1S/C15H19ClN2OS/c1-2-3-4-5-9-18-15(19)14-13(17)12-10(16)7-6-8-11(12)20-14/h6-8H,2-5,9,17H2,1H3,(H,18,19). The Kier molecular flexibility index (Phi) is 5.26. The zero-order valence-electron chi connectivity index (χ0n) is 11.5. The molecule has 1 amide bonds. The van der Waals surface area contributed by atoms with Gasteiger partial charge in [0.2, 0.25) is 0 Å². The summed E-state index contributed by atoms with van der Waals surface area (Å²) in [4.78, 5) is 12.7. The third-order valence-corrected chi connectivity index (χ3v) is 4.71. The Morgan fingerprint density at radius 3 is 2.85 bits per heavy atom. The Morgan fingerprint density at radius 1 is 1.35 bits per heavy atom. The highest BCUT2D eigenvalue weighted by molar-refractivity contribution is 7.21. The minimum Gasteiger partial charge on any atom is -0.397 e. The number of amides is 1. The molecule has 20 heavy (non-hydrogen) atoms. The fourth-order valence-electron chi connectivity index (χ4n) is 2.13. The normalized spacial score (nSPS) is 10.9. The second kappa shape index (κ2) is 6.95. The van der Waals surface area contributed by atoms with E-state index in [0.717, 1.165) is 22.9 Å². The van der Waals surface area contributed by atoms with E-state index in [1.54, 1.807) is 6.07 Å². The van der Waals surface area contributed by atoms with E-state index in [9.17, 15) is 4.79 Å². The molecule has 0 saturated heterocycles. The molecule has 0 unspecified atom stereocenters. The van der Waals surface area contributed by atoms with Crippen molar-refractivity contribution < 1.29 is 4.79 Å². The summed E-state index contributed by atoms with van der Waals surface area (Å²) in [6.07, 6.45) is 4.54. The fraction of sp³-hybridized carbons (Fsp3) is 0.400. The van der Waals surface area contributed by atoms with E-state index in [0.29, 0.717) is 22.1 Å². The highest BCUT2D eigenvalue weighted by atomic mass is 35.5. The lowest BCUT2D eigenvalue weighted by Crippen LogP contribution is -2.24. The van der Waals surface area contributed by atoms with Crippen LogP contribution in [0.2, 0.25) is 5.02 Å². The summed E-state index contributed by atoms with van der Waals surface area (Å²) in [6.45, 7) is 2.86. The van der Waals surface area contributed by atoms with E-state index in [2.05, 4.69) is 12.2 Å². The number of carbonyl (C=O) groups excluding carboxylic acids is 1. The quantitative estimate of drug-likeness (QED) is 0.775. The lowest BCUT2D eigenvalue weighted by Gasteiger charge is -2.04. The molecule has 0 bridgehead atoms. The average molecular weight is 311 g/mol. The molecule has 0 fully saturated rings. The van der Waals surface area contributed by atoms with E-state index in [-0.39, 0.29) is 5.91 Å². The second-order valence-electron chi connectivity index (χ2n) is 4.77. The number of hydrogen-bond acceptors (Lipinski definition) is 3. The van der Waals surface area contributed by atoms with Gasteiger partial charge in [-0.25, -0.2) is 0 Å². The van der Waals surface area contributed by atoms with Crippen LogP contribution in [0.3, 0.4) is 0 Å². The number of unbranched alkanes of at least 4 members (excludes halogenated alkanes) is 3. The maximum Gasteiger partial charge on any atom is 0.263 e. The Hall–Kier alpha value is -1.26. The molecule has 0 aliphatic heterocycles. The van der Waals surface area contributed by atoms with Crippen molar-refractivity contribution in [1.82, 2.24) is 5.32 Å². The van der Waals surface area contributed by atoms with Gasteiger partial charge in [-0.1, -0.05) is 43.9 Å². The van der Waals surface area contributed by atoms with Crippen LogP contribution >= 0.6 is 22.9 Å².